The van der Waals surface area contributed by atoms with Gasteiger partial charge in [0.15, 0.2) is 6.67 Å². The van der Waals surface area contributed by atoms with Gasteiger partial charge >= 0.3 is 47.6 Å². The molecular weight excluding hydrogens is 571 g/mol. The van der Waals surface area contributed by atoms with E-state index in [4.69, 9.17) is 10.5 Å². The highest BCUT2D eigenvalue weighted by Gasteiger charge is 2.95. The molecule has 1 aromatic rings. The van der Waals surface area contributed by atoms with Crippen LogP contribution in [0.15, 0.2) is 18.2 Å². The van der Waals surface area contributed by atoms with Gasteiger partial charge in [0.2, 0.25) is 0 Å². The van der Waals surface area contributed by atoms with Gasteiger partial charge in [0.05, 0.1) is 11.1 Å². The first-order valence-corrected chi connectivity index (χ1v) is 8.49. The van der Waals surface area contributed by atoms with Gasteiger partial charge in [-0.05, 0) is 18.2 Å². The third-order valence-electron chi connectivity index (χ3n) is 4.44. The quantitative estimate of drug-likeness (QED) is 0.288. The molecule has 0 amide bonds. The van der Waals surface area contributed by atoms with Crippen molar-refractivity contribution in [2.75, 3.05) is 6.67 Å². The van der Waals surface area contributed by atoms with Crippen LogP contribution >= 0.6 is 0 Å². The van der Waals surface area contributed by atoms with Crippen molar-refractivity contribution in [1.29, 1.82) is 10.5 Å². The molecule has 0 unspecified atom stereocenters. The molecule has 0 N–H and O–H groups in total. The second-order valence-electron chi connectivity index (χ2n) is 6.83. The Hall–Kier alpha value is -3.19. The summed E-state index contributed by atoms with van der Waals surface area (Å²) in [6.45, 7) is -3.97. The van der Waals surface area contributed by atoms with Crippen LogP contribution in [0.5, 0.6) is 5.75 Å². The van der Waals surface area contributed by atoms with E-state index in [-0.39, 0.29) is 12.1 Å². The van der Waals surface area contributed by atoms with E-state index in [1.54, 1.807) is 0 Å². The Kier molecular flexibility index (Phi) is 7.73. The Balaban J connectivity index is 3.64. The monoisotopic (exact) mass is 576 g/mol. The number of nitriles is 2. The summed E-state index contributed by atoms with van der Waals surface area (Å²) in [7, 11) is 0. The highest BCUT2D eigenvalue weighted by molar-refractivity contribution is 5.49. The first-order valence-electron chi connectivity index (χ1n) is 8.49. The predicted molar refractivity (Wildman–Crippen MR) is 82.1 cm³/mol. The van der Waals surface area contributed by atoms with E-state index in [0.29, 0.717) is 6.07 Å². The van der Waals surface area contributed by atoms with E-state index in [1.807, 2.05) is 0 Å². The van der Waals surface area contributed by atoms with Gasteiger partial charge in [0.25, 0.3) is 0 Å². The molecule has 0 bridgehead atoms. The summed E-state index contributed by atoms with van der Waals surface area (Å²) in [5.41, 5.74) is -1.65. The summed E-state index contributed by atoms with van der Waals surface area (Å²) in [6.07, 6.45) is -7.10. The third kappa shape index (κ3) is 4.33. The van der Waals surface area contributed by atoms with Gasteiger partial charge in [0.1, 0.15) is 17.9 Å². The normalized spacial score (nSPS) is 14.7. The van der Waals surface area contributed by atoms with Crippen molar-refractivity contribution in [3.05, 3.63) is 29.3 Å². The molecule has 37 heavy (non-hydrogen) atoms. The fraction of sp³-hybridized carbons (Fsp3) is 0.529. The second-order valence-corrected chi connectivity index (χ2v) is 6.83. The first kappa shape index (κ1) is 31.8. The van der Waals surface area contributed by atoms with E-state index in [1.165, 1.54) is 6.07 Å². The van der Waals surface area contributed by atoms with Crippen molar-refractivity contribution < 1.29 is 79.4 Å². The van der Waals surface area contributed by atoms with Gasteiger partial charge in [-0.25, -0.2) is 4.39 Å². The van der Waals surface area contributed by atoms with Gasteiger partial charge in [-0.2, -0.15) is 80.8 Å². The lowest BCUT2D eigenvalue weighted by Crippen LogP contribution is -2.75. The number of benzene rings is 1. The highest BCUT2D eigenvalue weighted by atomic mass is 19.4. The number of hydrogen-bond donors (Lipinski definition) is 0. The molecular formula is C17H5F17N2O. The maximum absolute atomic E-state index is 13.8. The molecule has 0 aromatic heterocycles. The highest BCUT2D eigenvalue weighted by Crippen LogP contribution is 2.63. The fourth-order valence-electron chi connectivity index (χ4n) is 2.27. The van der Waals surface area contributed by atoms with E-state index in [0.717, 1.165) is 6.07 Å². The lowest BCUT2D eigenvalue weighted by molar-refractivity contribution is -0.465. The average Bonchev–Trinajstić information content (AvgIpc) is 2.77. The summed E-state index contributed by atoms with van der Waals surface area (Å²) in [6, 6.07) is 2.72. The summed E-state index contributed by atoms with van der Waals surface area (Å²) in [5.74, 6) is -59.0. The zero-order valence-electron chi connectivity index (χ0n) is 16.7. The Morgan fingerprint density at radius 1 is 0.568 bits per heavy atom. The van der Waals surface area contributed by atoms with Gasteiger partial charge in [-0.3, -0.25) is 0 Å². The third-order valence-corrected chi connectivity index (χ3v) is 4.44. The molecule has 208 valence electrons. The van der Waals surface area contributed by atoms with E-state index >= 15 is 0 Å². The number of rotatable bonds is 10. The number of ether oxygens (including phenoxy) is 1. The molecule has 20 heteroatoms. The van der Waals surface area contributed by atoms with Crippen molar-refractivity contribution in [1.82, 2.24) is 0 Å². The van der Waals surface area contributed by atoms with Crippen LogP contribution in [0.1, 0.15) is 11.1 Å². The maximum Gasteiger partial charge on any atom is 0.471 e. The molecule has 0 saturated carbocycles. The molecule has 0 atom stereocenters. The molecule has 3 nitrogen and oxygen atoms in total. The zero-order valence-corrected chi connectivity index (χ0v) is 16.7. The average molecular weight is 576 g/mol. The molecule has 0 heterocycles. The predicted octanol–water partition coefficient (Wildman–Crippen LogP) is 6.82. The van der Waals surface area contributed by atoms with Gasteiger partial charge in [-0.1, -0.05) is 0 Å². The van der Waals surface area contributed by atoms with Crippen LogP contribution in [0.2, 0.25) is 0 Å². The first-order chi connectivity index (χ1) is 16.3. The SMILES string of the molecule is N#Cc1ccc(OC(F)(F)C(F)(F)C(F)(F)C(F)(F)C(F)(F)C(F)(F)C(F)(F)C(F)(F)CF)cc1C#N. The van der Waals surface area contributed by atoms with Gasteiger partial charge in [0, 0.05) is 0 Å². The zero-order chi connectivity index (χ0) is 29.7. The van der Waals surface area contributed by atoms with Crippen molar-refractivity contribution in [2.24, 2.45) is 0 Å². The van der Waals surface area contributed by atoms with Crippen LogP contribution < -0.4 is 4.74 Å². The van der Waals surface area contributed by atoms with Crippen LogP contribution in [0.4, 0.5) is 74.6 Å². The van der Waals surface area contributed by atoms with Crippen LogP contribution in [-0.4, -0.2) is 54.2 Å². The molecule has 1 aromatic carbocycles. The Morgan fingerprint density at radius 2 is 0.946 bits per heavy atom. The lowest BCUT2D eigenvalue weighted by Gasteiger charge is -2.43. The standard InChI is InChI=1S/C17H5F17N2O/c18-6-10(19,20)11(21,22)12(23,24)13(25,26)14(27,28)15(29,30)16(31,32)17(33,34)37-9-2-1-7(4-35)8(3-9)5-36/h1-3H,6H2. The maximum atomic E-state index is 13.8. The van der Waals surface area contributed by atoms with Crippen LogP contribution in [0.3, 0.4) is 0 Å². The molecule has 0 radical (unpaired) electrons. The number of alkyl halides is 17. The largest absolute Gasteiger partial charge is 0.471 e. The topological polar surface area (TPSA) is 56.8 Å². The van der Waals surface area contributed by atoms with Crippen LogP contribution in [0.25, 0.3) is 0 Å². The minimum Gasteiger partial charge on any atom is -0.428 e. The molecule has 1 rings (SSSR count). The smallest absolute Gasteiger partial charge is 0.428 e. The molecule has 0 fully saturated rings. The van der Waals surface area contributed by atoms with E-state index in [9.17, 15) is 74.6 Å². The minimum atomic E-state index is -8.68. The Morgan fingerprint density at radius 3 is 1.32 bits per heavy atom. The van der Waals surface area contributed by atoms with Crippen molar-refractivity contribution >= 4 is 0 Å². The van der Waals surface area contributed by atoms with Gasteiger partial charge < -0.3 is 4.74 Å². The van der Waals surface area contributed by atoms with E-state index in [2.05, 4.69) is 4.74 Å². The number of hydrogen-bond acceptors (Lipinski definition) is 3. The van der Waals surface area contributed by atoms with Crippen molar-refractivity contribution in [2.45, 2.75) is 47.6 Å². The summed E-state index contributed by atoms with van der Waals surface area (Å²) < 4.78 is 231. The molecule has 0 spiro atoms. The summed E-state index contributed by atoms with van der Waals surface area (Å²) >= 11 is 0. The Bertz CT molecular complexity index is 1100. The molecule has 0 aliphatic rings. The number of halogens is 17. The van der Waals surface area contributed by atoms with Crippen LogP contribution in [0, 0.1) is 22.7 Å². The second kappa shape index (κ2) is 8.98. The van der Waals surface area contributed by atoms with Crippen molar-refractivity contribution in [3.8, 4) is 17.9 Å². The fourth-order valence-corrected chi connectivity index (χ4v) is 2.27. The number of nitrogens with zero attached hydrogens (tertiary/aromatic N) is 2. The summed E-state index contributed by atoms with van der Waals surface area (Å²) in [4.78, 5) is 0. The lowest BCUT2D eigenvalue weighted by atomic mass is 9.89. The van der Waals surface area contributed by atoms with Crippen molar-refractivity contribution in [3.63, 3.8) is 0 Å². The Labute approximate surface area is 192 Å². The van der Waals surface area contributed by atoms with Gasteiger partial charge in [-0.15, -0.1) is 0 Å². The minimum absolute atomic E-state index is 0.0405. The summed E-state index contributed by atoms with van der Waals surface area (Å²) in [5, 5.41) is 17.3. The molecule has 0 aliphatic carbocycles. The molecule has 0 aliphatic heterocycles. The van der Waals surface area contributed by atoms with Crippen LogP contribution in [-0.2, 0) is 0 Å². The van der Waals surface area contributed by atoms with E-state index < -0.39 is 71.1 Å². The molecule has 0 saturated heterocycles.